The van der Waals surface area contributed by atoms with E-state index in [4.69, 9.17) is 23.7 Å². The van der Waals surface area contributed by atoms with Crippen molar-refractivity contribution in [3.05, 3.63) is 77.9 Å². The molecule has 3 aliphatic rings. The molecule has 7 rings (SSSR count). The highest BCUT2D eigenvalue weighted by Gasteiger charge is 2.49. The molecule has 0 saturated carbocycles. The van der Waals surface area contributed by atoms with Gasteiger partial charge in [0.2, 0.25) is 12.6 Å². The second-order valence-corrected chi connectivity index (χ2v) is 15.2. The van der Waals surface area contributed by atoms with Crippen molar-refractivity contribution in [3.8, 4) is 28.5 Å². The minimum Gasteiger partial charge on any atom is -0.492 e. The molecule has 0 bridgehead atoms. The molecule has 1 aromatic heterocycles. The van der Waals surface area contributed by atoms with Crippen LogP contribution in [0.2, 0.25) is 0 Å². The third-order valence-electron chi connectivity index (χ3n) is 11.2. The van der Waals surface area contributed by atoms with E-state index < -0.39 is 73.4 Å². The van der Waals surface area contributed by atoms with Gasteiger partial charge in [-0.2, -0.15) is 0 Å². The molecule has 10 atom stereocenters. The first kappa shape index (κ1) is 42.3. The van der Waals surface area contributed by atoms with E-state index in [9.17, 15) is 50.4 Å². The molecule has 0 amide bonds. The molecular formula is C42H50N2O15. The van der Waals surface area contributed by atoms with Crippen molar-refractivity contribution in [3.63, 3.8) is 0 Å². The van der Waals surface area contributed by atoms with Crippen LogP contribution in [0.1, 0.15) is 36.8 Å². The molecule has 4 heterocycles. The average Bonchev–Trinajstić information content (AvgIpc) is 3.34. The molecule has 0 radical (unpaired) electrons. The van der Waals surface area contributed by atoms with Gasteiger partial charge in [-0.05, 0) is 104 Å². The molecule has 0 spiro atoms. The number of aliphatic carboxylic acids is 2. The monoisotopic (exact) mass is 822 g/mol. The third kappa shape index (κ3) is 9.18. The Morgan fingerprint density at radius 3 is 1.75 bits per heavy atom. The molecule has 0 aliphatic carbocycles. The van der Waals surface area contributed by atoms with Crippen LogP contribution in [0, 0.1) is 6.92 Å². The molecule has 3 aliphatic heterocycles. The van der Waals surface area contributed by atoms with Gasteiger partial charge in [-0.15, -0.1) is 0 Å². The highest BCUT2D eigenvalue weighted by Crippen LogP contribution is 2.38. The molecule has 3 aromatic carbocycles. The summed E-state index contributed by atoms with van der Waals surface area (Å²) in [5.41, 5.74) is 4.09. The Morgan fingerprint density at radius 2 is 1.19 bits per heavy atom. The van der Waals surface area contributed by atoms with Crippen LogP contribution in [0.5, 0.6) is 17.2 Å². The number of carbonyl (C=O) groups is 2. The Morgan fingerprint density at radius 1 is 0.661 bits per heavy atom. The number of carboxylic acid groups (broad SMARTS) is 2. The van der Waals surface area contributed by atoms with Crippen LogP contribution in [0.15, 0.2) is 66.7 Å². The number of rotatable bonds is 13. The van der Waals surface area contributed by atoms with Crippen LogP contribution < -0.4 is 14.2 Å². The van der Waals surface area contributed by atoms with Gasteiger partial charge in [0.15, 0.2) is 12.2 Å². The Hall–Kier alpha value is -4.82. The van der Waals surface area contributed by atoms with Gasteiger partial charge in [-0.1, -0.05) is 25.0 Å². The van der Waals surface area contributed by atoms with Crippen LogP contribution in [0.3, 0.4) is 0 Å². The van der Waals surface area contributed by atoms with Gasteiger partial charge in [0.05, 0.1) is 5.69 Å². The highest BCUT2D eigenvalue weighted by atomic mass is 16.7. The number of carboxylic acids is 2. The summed E-state index contributed by atoms with van der Waals surface area (Å²) in [7, 11) is 0. The topological polar surface area (TPSA) is 250 Å². The van der Waals surface area contributed by atoms with E-state index >= 15 is 0 Å². The zero-order chi connectivity index (χ0) is 42.0. The minimum absolute atomic E-state index is 0.186. The number of ether oxygens (including phenoxy) is 5. The molecule has 4 aromatic rings. The Balaban J connectivity index is 1.15. The fourth-order valence-corrected chi connectivity index (χ4v) is 7.90. The fraction of sp³-hybridized carbons (Fsp3) is 0.476. The number of aliphatic hydroxyl groups excluding tert-OH is 6. The number of nitrogens with zero attached hydrogens (tertiary/aromatic N) is 2. The number of aryl methyl sites for hydroxylation is 1. The zero-order valence-corrected chi connectivity index (χ0v) is 32.3. The van der Waals surface area contributed by atoms with Gasteiger partial charge in [0, 0.05) is 24.0 Å². The predicted octanol–water partition coefficient (Wildman–Crippen LogP) is 1.46. The van der Waals surface area contributed by atoms with Gasteiger partial charge < -0.3 is 69.1 Å². The molecular weight excluding hydrogens is 772 g/mol. The first-order valence-electron chi connectivity index (χ1n) is 19.7. The summed E-state index contributed by atoms with van der Waals surface area (Å²) in [4.78, 5) is 25.7. The normalized spacial score (nSPS) is 29.1. The number of hydrogen-bond donors (Lipinski definition) is 8. The second-order valence-electron chi connectivity index (χ2n) is 15.2. The van der Waals surface area contributed by atoms with E-state index in [-0.39, 0.29) is 11.5 Å². The van der Waals surface area contributed by atoms with E-state index in [1.54, 1.807) is 42.5 Å². The third-order valence-corrected chi connectivity index (χ3v) is 11.2. The fourth-order valence-electron chi connectivity index (χ4n) is 7.90. The number of aliphatic hydroxyl groups is 6. The number of fused-ring (bicyclic) bond motifs is 1. The molecule has 6 unspecified atom stereocenters. The lowest BCUT2D eigenvalue weighted by Gasteiger charge is -2.38. The van der Waals surface area contributed by atoms with Crippen molar-refractivity contribution >= 4 is 22.8 Å². The minimum atomic E-state index is -1.87. The van der Waals surface area contributed by atoms with Gasteiger partial charge in [-0.25, -0.2) is 9.59 Å². The summed E-state index contributed by atoms with van der Waals surface area (Å²) < 4.78 is 30.4. The van der Waals surface area contributed by atoms with E-state index in [0.717, 1.165) is 58.7 Å². The summed E-state index contributed by atoms with van der Waals surface area (Å²) in [5.74, 6) is -1.92. The van der Waals surface area contributed by atoms with E-state index in [1.165, 1.54) is 25.7 Å². The van der Waals surface area contributed by atoms with Crippen molar-refractivity contribution in [2.75, 3.05) is 26.2 Å². The Labute approximate surface area is 339 Å². The first-order chi connectivity index (χ1) is 28.3. The van der Waals surface area contributed by atoms with Crippen molar-refractivity contribution in [1.82, 2.24) is 9.47 Å². The number of hydrogen-bond acceptors (Lipinski definition) is 14. The standard InChI is InChI=1S/C42H50N2O15/c1-22-28-20-27(57-42-36(50)32(46)34(48)38(59-42)40(53)54)14-15-29(28)44(21-23-6-10-25(11-7-23)55-19-18-43-16-4-2-3-5-17-43)30(22)24-8-12-26(13-9-24)56-41-35(49)31(45)33(47)37(58-41)39(51)52/h6-15,20,31-38,41-42,45-50H,2-5,16-19,21H2,1H3,(H,51,52)(H,53,54)/t31?,32?,33-,34-,35?,36?,37?,38?,41+,42+/m0/s1. The van der Waals surface area contributed by atoms with Gasteiger partial charge in [-0.3, -0.25) is 4.90 Å². The molecule has 17 nitrogen and oxygen atoms in total. The van der Waals surface area contributed by atoms with Crippen molar-refractivity contribution in [1.29, 1.82) is 0 Å². The number of benzene rings is 3. The Bertz CT molecular complexity index is 2070. The van der Waals surface area contributed by atoms with Crippen molar-refractivity contribution < 1.29 is 74.1 Å². The zero-order valence-electron chi connectivity index (χ0n) is 32.3. The Kier molecular flexibility index (Phi) is 13.1. The highest BCUT2D eigenvalue weighted by molar-refractivity contribution is 5.92. The van der Waals surface area contributed by atoms with Crippen LogP contribution in [-0.2, 0) is 25.6 Å². The smallest absolute Gasteiger partial charge is 0.335 e. The quantitative estimate of drug-likeness (QED) is 0.0951. The number of likely N-dealkylation sites (tertiary alicyclic amines) is 1. The lowest BCUT2D eigenvalue weighted by molar-refractivity contribution is -0.271. The summed E-state index contributed by atoms with van der Waals surface area (Å²) >= 11 is 0. The first-order valence-corrected chi connectivity index (χ1v) is 19.7. The van der Waals surface area contributed by atoms with Gasteiger partial charge in [0.1, 0.15) is 60.5 Å². The maximum atomic E-state index is 11.7. The second kappa shape index (κ2) is 18.2. The van der Waals surface area contributed by atoms with Crippen LogP contribution in [0.25, 0.3) is 22.2 Å². The van der Waals surface area contributed by atoms with Crippen molar-refractivity contribution in [2.45, 2.75) is 101 Å². The summed E-state index contributed by atoms with van der Waals surface area (Å²) in [6.07, 6.45) is -12.8. The maximum absolute atomic E-state index is 11.7. The van der Waals surface area contributed by atoms with Gasteiger partial charge in [0.25, 0.3) is 0 Å². The lowest BCUT2D eigenvalue weighted by atomic mass is 9.99. The largest absolute Gasteiger partial charge is 0.492 e. The van der Waals surface area contributed by atoms with Crippen molar-refractivity contribution in [2.24, 2.45) is 0 Å². The van der Waals surface area contributed by atoms with E-state index in [1.807, 2.05) is 31.2 Å². The molecule has 17 heteroatoms. The van der Waals surface area contributed by atoms with Crippen LogP contribution in [-0.4, -0.2) is 150 Å². The molecule has 8 N–H and O–H groups in total. The molecule has 318 valence electrons. The predicted molar refractivity (Wildman–Crippen MR) is 208 cm³/mol. The summed E-state index contributed by atoms with van der Waals surface area (Å²) in [5, 5.41) is 81.5. The van der Waals surface area contributed by atoms with E-state index in [0.29, 0.717) is 13.2 Å². The summed E-state index contributed by atoms with van der Waals surface area (Å²) in [6.45, 7) is 5.96. The lowest BCUT2D eigenvalue weighted by Crippen LogP contribution is -2.61. The summed E-state index contributed by atoms with van der Waals surface area (Å²) in [6, 6.07) is 19.7. The molecule has 59 heavy (non-hydrogen) atoms. The molecule has 3 saturated heterocycles. The van der Waals surface area contributed by atoms with E-state index in [2.05, 4.69) is 9.47 Å². The van der Waals surface area contributed by atoms with Gasteiger partial charge >= 0.3 is 11.9 Å². The maximum Gasteiger partial charge on any atom is 0.335 e. The average molecular weight is 823 g/mol. The molecule has 3 fully saturated rings. The van der Waals surface area contributed by atoms with Crippen LogP contribution >= 0.6 is 0 Å². The number of aromatic nitrogens is 1. The van der Waals surface area contributed by atoms with Crippen LogP contribution in [0.4, 0.5) is 0 Å². The SMILES string of the molecule is Cc1c(-c2ccc(O[C@@H]3OC(C(=O)O)[C@@H](O)C(O)C3O)cc2)n(Cc2ccc(OCCN3CCCCCC3)cc2)c2ccc(O[C@@H]3OC(C(=O)O)[C@@H](O)C(O)C3O)cc12.